The number of pyridine rings is 1. The maximum atomic E-state index is 12.5. The Morgan fingerprint density at radius 3 is 2.95 bits per heavy atom. The third-order valence-corrected chi connectivity index (χ3v) is 3.32. The lowest BCUT2D eigenvalue weighted by Crippen LogP contribution is -2.04. The highest BCUT2D eigenvalue weighted by molar-refractivity contribution is 6.08. The number of carbonyl (C=O) groups is 1. The second-order valence-corrected chi connectivity index (χ2v) is 4.68. The fourth-order valence-corrected chi connectivity index (χ4v) is 2.30. The van der Waals surface area contributed by atoms with Crippen LogP contribution in [0.2, 0.25) is 0 Å². The van der Waals surface area contributed by atoms with Crippen molar-refractivity contribution in [1.29, 1.82) is 0 Å². The van der Waals surface area contributed by atoms with Crippen LogP contribution in [0.5, 0.6) is 0 Å². The summed E-state index contributed by atoms with van der Waals surface area (Å²) in [7, 11) is 0. The topological polar surface area (TPSA) is 47.8 Å². The molecule has 0 spiro atoms. The van der Waals surface area contributed by atoms with Gasteiger partial charge in [0.2, 0.25) is 0 Å². The summed E-state index contributed by atoms with van der Waals surface area (Å²) in [5, 5.41) is 5.10. The molecule has 2 heterocycles. The lowest BCUT2D eigenvalue weighted by Gasteiger charge is -2.04. The van der Waals surface area contributed by atoms with E-state index >= 15 is 0 Å². The highest BCUT2D eigenvalue weighted by Crippen LogP contribution is 2.18. The Labute approximate surface area is 117 Å². The second-order valence-electron chi connectivity index (χ2n) is 4.68. The Kier molecular flexibility index (Phi) is 3.29. The van der Waals surface area contributed by atoms with Crippen molar-refractivity contribution in [2.24, 2.45) is 0 Å². The summed E-state index contributed by atoms with van der Waals surface area (Å²) in [6.45, 7) is 2.83. The molecule has 3 aromatic rings. The van der Waals surface area contributed by atoms with Crippen LogP contribution in [-0.2, 0) is 13.0 Å². The summed E-state index contributed by atoms with van der Waals surface area (Å²) in [6, 6.07) is 9.44. The van der Waals surface area contributed by atoms with Gasteiger partial charge in [0.1, 0.15) is 0 Å². The van der Waals surface area contributed by atoms with E-state index in [1.807, 2.05) is 48.1 Å². The Morgan fingerprint density at radius 1 is 1.25 bits per heavy atom. The minimum Gasteiger partial charge on any atom is -0.294 e. The highest BCUT2D eigenvalue weighted by atomic mass is 16.1. The maximum absolute atomic E-state index is 12.5. The van der Waals surface area contributed by atoms with E-state index < -0.39 is 0 Å². The number of hydrogen-bond acceptors (Lipinski definition) is 3. The van der Waals surface area contributed by atoms with E-state index in [0.717, 1.165) is 28.6 Å². The number of nitrogens with zero attached hydrogens (tertiary/aromatic N) is 3. The molecular weight excluding hydrogens is 250 g/mol. The molecule has 0 aliphatic carbocycles. The van der Waals surface area contributed by atoms with Crippen molar-refractivity contribution in [3.63, 3.8) is 0 Å². The van der Waals surface area contributed by atoms with Crippen molar-refractivity contribution in [2.45, 2.75) is 19.9 Å². The molecule has 0 aliphatic heterocycles. The van der Waals surface area contributed by atoms with Gasteiger partial charge < -0.3 is 0 Å². The number of Topliss-reactive ketones (excluding diaryl/α,β-unsaturated/α-hetero) is 1. The number of benzene rings is 1. The summed E-state index contributed by atoms with van der Waals surface area (Å²) >= 11 is 0. The molecule has 20 heavy (non-hydrogen) atoms. The molecule has 0 radical (unpaired) electrons. The first-order chi connectivity index (χ1) is 9.78. The van der Waals surface area contributed by atoms with Crippen LogP contribution >= 0.6 is 0 Å². The molecule has 0 atom stereocenters. The van der Waals surface area contributed by atoms with E-state index in [1.54, 1.807) is 12.4 Å². The van der Waals surface area contributed by atoms with Crippen LogP contribution in [0.25, 0.3) is 10.9 Å². The standard InChI is InChI=1S/C16H15N3O/c1-2-19-11-12(10-18-19)9-16(20)14-5-3-7-15-13(14)6-4-8-17-15/h3-8,10-11H,2,9H2,1H3. The molecule has 0 saturated carbocycles. The van der Waals surface area contributed by atoms with Crippen LogP contribution in [0.4, 0.5) is 0 Å². The number of ketones is 1. The predicted molar refractivity (Wildman–Crippen MR) is 77.7 cm³/mol. The highest BCUT2D eigenvalue weighted by Gasteiger charge is 2.12. The van der Waals surface area contributed by atoms with Crippen molar-refractivity contribution in [2.75, 3.05) is 0 Å². The smallest absolute Gasteiger partial charge is 0.168 e. The number of fused-ring (bicyclic) bond motifs is 1. The van der Waals surface area contributed by atoms with Gasteiger partial charge in [-0.3, -0.25) is 14.5 Å². The average molecular weight is 265 g/mol. The summed E-state index contributed by atoms with van der Waals surface area (Å²) in [5.74, 6) is 0.0965. The first kappa shape index (κ1) is 12.5. The van der Waals surface area contributed by atoms with Gasteiger partial charge in [-0.25, -0.2) is 0 Å². The van der Waals surface area contributed by atoms with Crippen molar-refractivity contribution in [3.05, 3.63) is 60.0 Å². The average Bonchev–Trinajstić information content (AvgIpc) is 2.94. The molecule has 0 N–H and O–H groups in total. The maximum Gasteiger partial charge on any atom is 0.168 e. The molecule has 0 aliphatic rings. The number of carbonyl (C=O) groups excluding carboxylic acids is 1. The van der Waals surface area contributed by atoms with Gasteiger partial charge in [0.15, 0.2) is 5.78 Å². The first-order valence-electron chi connectivity index (χ1n) is 6.66. The SMILES string of the molecule is CCn1cc(CC(=O)c2cccc3ncccc23)cn1. The quantitative estimate of drug-likeness (QED) is 0.681. The molecule has 2 aromatic heterocycles. The number of hydrogen-bond donors (Lipinski definition) is 0. The van der Waals surface area contributed by atoms with Crippen LogP contribution in [0.1, 0.15) is 22.8 Å². The molecule has 0 fully saturated rings. The van der Waals surface area contributed by atoms with E-state index in [1.165, 1.54) is 0 Å². The van der Waals surface area contributed by atoms with Gasteiger partial charge >= 0.3 is 0 Å². The minimum absolute atomic E-state index is 0.0965. The third kappa shape index (κ3) is 2.32. The fourth-order valence-electron chi connectivity index (χ4n) is 2.30. The second kappa shape index (κ2) is 5.25. The third-order valence-electron chi connectivity index (χ3n) is 3.32. The zero-order valence-corrected chi connectivity index (χ0v) is 11.3. The van der Waals surface area contributed by atoms with Crippen LogP contribution in [0, 0.1) is 0 Å². The summed E-state index contributed by atoms with van der Waals surface area (Å²) in [4.78, 5) is 16.7. The lowest BCUT2D eigenvalue weighted by atomic mass is 10.0. The van der Waals surface area contributed by atoms with Gasteiger partial charge in [-0.05, 0) is 24.6 Å². The molecule has 1 aromatic carbocycles. The Bertz CT molecular complexity index is 756. The van der Waals surface area contributed by atoms with E-state index in [-0.39, 0.29) is 5.78 Å². The van der Waals surface area contributed by atoms with Crippen molar-refractivity contribution < 1.29 is 4.79 Å². The van der Waals surface area contributed by atoms with Crippen molar-refractivity contribution >= 4 is 16.7 Å². The normalized spacial score (nSPS) is 10.8. The Balaban J connectivity index is 1.92. The monoisotopic (exact) mass is 265 g/mol. The molecule has 0 saturated heterocycles. The van der Waals surface area contributed by atoms with Gasteiger partial charge in [-0.2, -0.15) is 5.10 Å². The van der Waals surface area contributed by atoms with Gasteiger partial charge in [0, 0.05) is 36.3 Å². The molecular formula is C16H15N3O. The first-order valence-corrected chi connectivity index (χ1v) is 6.66. The molecule has 4 heteroatoms. The van der Waals surface area contributed by atoms with Crippen LogP contribution < -0.4 is 0 Å². The van der Waals surface area contributed by atoms with Crippen molar-refractivity contribution in [1.82, 2.24) is 14.8 Å². The summed E-state index contributed by atoms with van der Waals surface area (Å²) in [6.07, 6.45) is 5.78. The number of rotatable bonds is 4. The fraction of sp³-hybridized carbons (Fsp3) is 0.188. The zero-order valence-electron chi connectivity index (χ0n) is 11.3. The van der Waals surface area contributed by atoms with Crippen LogP contribution in [0.15, 0.2) is 48.9 Å². The largest absolute Gasteiger partial charge is 0.294 e. The number of aromatic nitrogens is 3. The summed E-state index contributed by atoms with van der Waals surface area (Å²) < 4.78 is 1.83. The molecule has 0 amide bonds. The van der Waals surface area contributed by atoms with Gasteiger partial charge in [0.05, 0.1) is 11.7 Å². The lowest BCUT2D eigenvalue weighted by molar-refractivity contribution is 0.0994. The molecule has 0 unspecified atom stereocenters. The molecule has 4 nitrogen and oxygen atoms in total. The van der Waals surface area contributed by atoms with Crippen LogP contribution in [0.3, 0.4) is 0 Å². The molecule has 3 rings (SSSR count). The molecule has 0 bridgehead atoms. The van der Waals surface area contributed by atoms with E-state index in [2.05, 4.69) is 10.1 Å². The molecule has 100 valence electrons. The minimum atomic E-state index is 0.0965. The van der Waals surface area contributed by atoms with Gasteiger partial charge in [-0.15, -0.1) is 0 Å². The summed E-state index contributed by atoms with van der Waals surface area (Å²) in [5.41, 5.74) is 2.51. The predicted octanol–water partition coefficient (Wildman–Crippen LogP) is 2.88. The van der Waals surface area contributed by atoms with Crippen LogP contribution in [-0.4, -0.2) is 20.5 Å². The van der Waals surface area contributed by atoms with E-state index in [9.17, 15) is 4.79 Å². The Morgan fingerprint density at radius 2 is 2.15 bits per heavy atom. The van der Waals surface area contributed by atoms with E-state index in [0.29, 0.717) is 6.42 Å². The van der Waals surface area contributed by atoms with Gasteiger partial charge in [0.25, 0.3) is 0 Å². The van der Waals surface area contributed by atoms with E-state index in [4.69, 9.17) is 0 Å². The van der Waals surface area contributed by atoms with Gasteiger partial charge in [-0.1, -0.05) is 18.2 Å². The Hall–Kier alpha value is -2.49. The van der Waals surface area contributed by atoms with Crippen molar-refractivity contribution in [3.8, 4) is 0 Å². The number of aryl methyl sites for hydroxylation is 1. The zero-order chi connectivity index (χ0) is 13.9.